The first-order valence-corrected chi connectivity index (χ1v) is 8.46. The second-order valence-electron chi connectivity index (χ2n) is 6.69. The second kappa shape index (κ2) is 6.57. The van der Waals surface area contributed by atoms with Crippen molar-refractivity contribution in [1.82, 2.24) is 14.5 Å². The van der Waals surface area contributed by atoms with E-state index in [0.29, 0.717) is 6.04 Å². The molecule has 4 heteroatoms. The minimum absolute atomic E-state index is 0.0613. The maximum absolute atomic E-state index is 12.4. The molecule has 1 atom stereocenters. The van der Waals surface area contributed by atoms with Crippen molar-refractivity contribution in [2.75, 3.05) is 13.1 Å². The molecule has 2 aromatic rings. The van der Waals surface area contributed by atoms with E-state index in [4.69, 9.17) is 0 Å². The van der Waals surface area contributed by atoms with E-state index >= 15 is 0 Å². The fourth-order valence-electron chi connectivity index (χ4n) is 3.44. The summed E-state index contributed by atoms with van der Waals surface area (Å²) in [5.74, 6) is 1.33. The summed E-state index contributed by atoms with van der Waals surface area (Å²) in [7, 11) is 0. The molecule has 0 radical (unpaired) electrons. The van der Waals surface area contributed by atoms with Gasteiger partial charge in [0.2, 0.25) is 5.91 Å². The molecule has 122 valence electrons. The van der Waals surface area contributed by atoms with Crippen LogP contribution in [0.15, 0.2) is 36.5 Å². The first-order valence-electron chi connectivity index (χ1n) is 8.46. The van der Waals surface area contributed by atoms with Crippen LogP contribution in [0.5, 0.6) is 0 Å². The zero-order valence-corrected chi connectivity index (χ0v) is 14.2. The number of hydrogen-bond donors (Lipinski definition) is 0. The van der Waals surface area contributed by atoms with Gasteiger partial charge in [-0.05, 0) is 19.8 Å². The average molecular weight is 311 g/mol. The highest BCUT2D eigenvalue weighted by molar-refractivity contribution is 5.78. The van der Waals surface area contributed by atoms with Crippen molar-refractivity contribution < 1.29 is 4.79 Å². The molecule has 1 fully saturated rings. The molecule has 1 aromatic carbocycles. The van der Waals surface area contributed by atoms with Crippen LogP contribution in [0.3, 0.4) is 0 Å². The molecule has 1 unspecified atom stereocenters. The zero-order chi connectivity index (χ0) is 16.4. The summed E-state index contributed by atoms with van der Waals surface area (Å²) in [5.41, 5.74) is 2.29. The first kappa shape index (κ1) is 15.8. The van der Waals surface area contributed by atoms with Gasteiger partial charge in [-0.2, -0.15) is 0 Å². The van der Waals surface area contributed by atoms with Gasteiger partial charge in [-0.1, -0.05) is 44.2 Å². The van der Waals surface area contributed by atoms with Crippen LogP contribution in [-0.4, -0.2) is 33.4 Å². The smallest absolute Gasteiger partial charge is 0.225 e. The highest BCUT2D eigenvalue weighted by Crippen LogP contribution is 2.29. The predicted molar refractivity (Wildman–Crippen MR) is 92.1 cm³/mol. The molecule has 1 aliphatic heterocycles. The van der Waals surface area contributed by atoms with Crippen molar-refractivity contribution in [3.63, 3.8) is 0 Å². The lowest BCUT2D eigenvalue weighted by Crippen LogP contribution is -2.42. The Morgan fingerprint density at radius 3 is 2.70 bits per heavy atom. The Hall–Kier alpha value is -2.10. The molecular formula is C19H25N3O. The lowest BCUT2D eigenvalue weighted by atomic mass is 10.0. The molecule has 1 saturated heterocycles. The molecule has 0 spiro atoms. The largest absolute Gasteiger partial charge is 0.340 e. The van der Waals surface area contributed by atoms with E-state index in [2.05, 4.69) is 28.6 Å². The van der Waals surface area contributed by atoms with E-state index < -0.39 is 0 Å². The maximum atomic E-state index is 12.4. The number of imidazole rings is 1. The minimum Gasteiger partial charge on any atom is -0.340 e. The van der Waals surface area contributed by atoms with Gasteiger partial charge < -0.3 is 9.47 Å². The number of carbonyl (C=O) groups is 1. The summed E-state index contributed by atoms with van der Waals surface area (Å²) >= 11 is 0. The van der Waals surface area contributed by atoms with Crippen LogP contribution in [0.25, 0.3) is 11.4 Å². The molecule has 1 aliphatic rings. The average Bonchev–Trinajstić information content (AvgIpc) is 2.96. The molecule has 2 heterocycles. The van der Waals surface area contributed by atoms with Crippen molar-refractivity contribution in [3.8, 4) is 11.4 Å². The molecule has 0 saturated carbocycles. The Bertz CT molecular complexity index is 675. The van der Waals surface area contributed by atoms with Gasteiger partial charge in [0.1, 0.15) is 5.82 Å². The Kier molecular flexibility index (Phi) is 4.51. The molecule has 3 rings (SSSR count). The van der Waals surface area contributed by atoms with Gasteiger partial charge in [-0.3, -0.25) is 4.79 Å². The van der Waals surface area contributed by atoms with Crippen LogP contribution in [0.4, 0.5) is 0 Å². The highest BCUT2D eigenvalue weighted by Gasteiger charge is 2.28. The van der Waals surface area contributed by atoms with Crippen LogP contribution in [-0.2, 0) is 4.79 Å². The van der Waals surface area contributed by atoms with Crippen molar-refractivity contribution in [2.24, 2.45) is 5.92 Å². The SMILES string of the molecule is Cc1cnc(-c2ccccc2)n1C1CCCN(C(=O)C(C)C)C1. The number of hydrogen-bond acceptors (Lipinski definition) is 2. The summed E-state index contributed by atoms with van der Waals surface area (Å²) in [4.78, 5) is 19.0. The van der Waals surface area contributed by atoms with Gasteiger partial charge in [-0.15, -0.1) is 0 Å². The third-order valence-electron chi connectivity index (χ3n) is 4.58. The number of aryl methyl sites for hydroxylation is 1. The van der Waals surface area contributed by atoms with Crippen molar-refractivity contribution >= 4 is 5.91 Å². The van der Waals surface area contributed by atoms with Gasteiger partial charge >= 0.3 is 0 Å². The Morgan fingerprint density at radius 2 is 2.00 bits per heavy atom. The number of amides is 1. The van der Waals surface area contributed by atoms with Crippen molar-refractivity contribution in [1.29, 1.82) is 0 Å². The number of carbonyl (C=O) groups excluding carboxylic acids is 1. The summed E-state index contributed by atoms with van der Waals surface area (Å²) in [5, 5.41) is 0. The normalized spacial score (nSPS) is 18.4. The molecule has 0 aliphatic carbocycles. The van der Waals surface area contributed by atoms with E-state index in [9.17, 15) is 4.79 Å². The van der Waals surface area contributed by atoms with Crippen LogP contribution < -0.4 is 0 Å². The fourth-order valence-corrected chi connectivity index (χ4v) is 3.44. The summed E-state index contributed by atoms with van der Waals surface area (Å²) < 4.78 is 2.31. The summed E-state index contributed by atoms with van der Waals surface area (Å²) in [6.45, 7) is 7.71. The number of nitrogens with zero attached hydrogens (tertiary/aromatic N) is 3. The third kappa shape index (κ3) is 3.16. The number of likely N-dealkylation sites (tertiary alicyclic amines) is 1. The lowest BCUT2D eigenvalue weighted by Gasteiger charge is -2.35. The first-order chi connectivity index (χ1) is 11.1. The van der Waals surface area contributed by atoms with Gasteiger partial charge in [-0.25, -0.2) is 4.98 Å². The number of piperidine rings is 1. The lowest BCUT2D eigenvalue weighted by molar-refractivity contribution is -0.136. The second-order valence-corrected chi connectivity index (χ2v) is 6.69. The molecule has 0 N–H and O–H groups in total. The van der Waals surface area contributed by atoms with Crippen molar-refractivity contribution in [2.45, 2.75) is 39.7 Å². The molecule has 4 nitrogen and oxygen atoms in total. The van der Waals surface area contributed by atoms with Crippen LogP contribution >= 0.6 is 0 Å². The van der Waals surface area contributed by atoms with Gasteiger partial charge in [0, 0.05) is 36.5 Å². The maximum Gasteiger partial charge on any atom is 0.225 e. The Labute approximate surface area is 138 Å². The standard InChI is InChI=1S/C19H25N3O/c1-14(2)19(23)21-11-7-10-17(13-21)22-15(3)12-20-18(22)16-8-5-4-6-9-16/h4-6,8-9,12,14,17H,7,10-11,13H2,1-3H3. The van der Waals surface area contributed by atoms with Crippen molar-refractivity contribution in [3.05, 3.63) is 42.2 Å². The third-order valence-corrected chi connectivity index (χ3v) is 4.58. The van der Waals surface area contributed by atoms with E-state index in [1.54, 1.807) is 0 Å². The van der Waals surface area contributed by atoms with E-state index in [-0.39, 0.29) is 11.8 Å². The number of rotatable bonds is 3. The quantitative estimate of drug-likeness (QED) is 0.867. The fraction of sp³-hybridized carbons (Fsp3) is 0.474. The zero-order valence-electron chi connectivity index (χ0n) is 14.2. The molecule has 1 aromatic heterocycles. The minimum atomic E-state index is 0.0613. The molecule has 0 bridgehead atoms. The van der Waals surface area contributed by atoms with Gasteiger partial charge in [0.15, 0.2) is 0 Å². The monoisotopic (exact) mass is 311 g/mol. The van der Waals surface area contributed by atoms with E-state index in [0.717, 1.165) is 43.0 Å². The van der Waals surface area contributed by atoms with Crippen LogP contribution in [0, 0.1) is 12.8 Å². The Morgan fingerprint density at radius 1 is 1.26 bits per heavy atom. The molecular weight excluding hydrogens is 286 g/mol. The topological polar surface area (TPSA) is 38.1 Å². The highest BCUT2D eigenvalue weighted by atomic mass is 16.2. The summed E-state index contributed by atoms with van der Waals surface area (Å²) in [6.07, 6.45) is 4.08. The molecule has 1 amide bonds. The van der Waals surface area contributed by atoms with Crippen LogP contribution in [0.1, 0.15) is 38.4 Å². The number of aromatic nitrogens is 2. The number of benzene rings is 1. The van der Waals surface area contributed by atoms with Gasteiger partial charge in [0.25, 0.3) is 0 Å². The van der Waals surface area contributed by atoms with Gasteiger partial charge in [0.05, 0.1) is 6.04 Å². The summed E-state index contributed by atoms with van der Waals surface area (Å²) in [6, 6.07) is 10.6. The van der Waals surface area contributed by atoms with Crippen LogP contribution in [0.2, 0.25) is 0 Å². The van der Waals surface area contributed by atoms with E-state index in [1.807, 2.05) is 43.1 Å². The molecule has 23 heavy (non-hydrogen) atoms. The Balaban J connectivity index is 1.90. The van der Waals surface area contributed by atoms with E-state index in [1.165, 1.54) is 0 Å². The predicted octanol–water partition coefficient (Wildman–Crippen LogP) is 3.68.